The van der Waals surface area contributed by atoms with Gasteiger partial charge in [-0.05, 0) is 48.0 Å². The molecule has 4 aromatic rings. The Morgan fingerprint density at radius 2 is 1.70 bits per heavy atom. The summed E-state index contributed by atoms with van der Waals surface area (Å²) in [5.41, 5.74) is 2.72. The van der Waals surface area contributed by atoms with Crippen LogP contribution in [0.2, 0.25) is 0 Å². The van der Waals surface area contributed by atoms with Gasteiger partial charge >= 0.3 is 0 Å². The number of halogens is 1. The predicted molar refractivity (Wildman–Crippen MR) is 115 cm³/mol. The SMILES string of the molecule is CS(=O)(=O)Nc1ccc(Nc2ncc3ccc(-c4ccc(O)cc4F)cc3n2)cc1. The van der Waals surface area contributed by atoms with Gasteiger partial charge in [-0.15, -0.1) is 0 Å². The first-order valence-corrected chi connectivity index (χ1v) is 10.8. The zero-order chi connectivity index (χ0) is 21.3. The molecule has 7 nitrogen and oxygen atoms in total. The Morgan fingerprint density at radius 1 is 0.967 bits per heavy atom. The lowest BCUT2D eigenvalue weighted by Gasteiger charge is -2.09. The molecule has 0 aliphatic carbocycles. The summed E-state index contributed by atoms with van der Waals surface area (Å²) in [5, 5.41) is 13.2. The zero-order valence-electron chi connectivity index (χ0n) is 15.8. The average Bonchev–Trinajstić information content (AvgIpc) is 2.68. The van der Waals surface area contributed by atoms with Crippen LogP contribution in [0.15, 0.2) is 66.9 Å². The number of sulfonamides is 1. The van der Waals surface area contributed by atoms with Gasteiger partial charge in [0.15, 0.2) is 0 Å². The molecule has 0 saturated heterocycles. The Balaban J connectivity index is 1.61. The van der Waals surface area contributed by atoms with Crippen molar-refractivity contribution >= 4 is 38.2 Å². The van der Waals surface area contributed by atoms with E-state index in [0.717, 1.165) is 17.7 Å². The zero-order valence-corrected chi connectivity index (χ0v) is 16.6. The van der Waals surface area contributed by atoms with Crippen LogP contribution in [0, 0.1) is 5.82 Å². The van der Waals surface area contributed by atoms with Gasteiger partial charge in [0.2, 0.25) is 16.0 Å². The van der Waals surface area contributed by atoms with Crippen LogP contribution in [0.5, 0.6) is 5.75 Å². The Morgan fingerprint density at radius 3 is 2.40 bits per heavy atom. The average molecular weight is 424 g/mol. The Labute approximate surface area is 172 Å². The molecule has 0 amide bonds. The number of aromatic nitrogens is 2. The summed E-state index contributed by atoms with van der Waals surface area (Å²) in [5.74, 6) is -0.317. The van der Waals surface area contributed by atoms with Crippen molar-refractivity contribution in [2.45, 2.75) is 0 Å². The highest BCUT2D eigenvalue weighted by Crippen LogP contribution is 2.28. The third-order valence-electron chi connectivity index (χ3n) is 4.29. The van der Waals surface area contributed by atoms with Crippen LogP contribution in [-0.2, 0) is 10.0 Å². The molecular weight excluding hydrogens is 407 g/mol. The number of nitrogens with one attached hydrogen (secondary N) is 2. The van der Waals surface area contributed by atoms with Gasteiger partial charge in [0.25, 0.3) is 0 Å². The summed E-state index contributed by atoms with van der Waals surface area (Å²) in [7, 11) is -3.34. The van der Waals surface area contributed by atoms with Crippen LogP contribution in [-0.4, -0.2) is 29.7 Å². The molecule has 30 heavy (non-hydrogen) atoms. The van der Waals surface area contributed by atoms with Gasteiger partial charge in [0, 0.05) is 34.6 Å². The highest BCUT2D eigenvalue weighted by atomic mass is 32.2. The van der Waals surface area contributed by atoms with Crippen LogP contribution in [0.3, 0.4) is 0 Å². The Bertz CT molecular complexity index is 1340. The molecule has 3 N–H and O–H groups in total. The monoisotopic (exact) mass is 424 g/mol. The van der Waals surface area contributed by atoms with E-state index in [0.29, 0.717) is 34.0 Å². The summed E-state index contributed by atoms with van der Waals surface area (Å²) in [6.45, 7) is 0. The Kier molecular flexibility index (Phi) is 4.96. The van der Waals surface area contributed by atoms with Crippen LogP contribution in [0.4, 0.5) is 21.7 Å². The molecule has 0 aliphatic rings. The summed E-state index contributed by atoms with van der Waals surface area (Å²) in [4.78, 5) is 8.75. The van der Waals surface area contributed by atoms with Gasteiger partial charge < -0.3 is 10.4 Å². The van der Waals surface area contributed by atoms with Gasteiger partial charge in [0.1, 0.15) is 11.6 Å². The van der Waals surface area contributed by atoms with Gasteiger partial charge in [-0.2, -0.15) is 0 Å². The van der Waals surface area contributed by atoms with Gasteiger partial charge in [-0.1, -0.05) is 12.1 Å². The first-order valence-electron chi connectivity index (χ1n) is 8.87. The van der Waals surface area contributed by atoms with Gasteiger partial charge in [0.05, 0.1) is 11.8 Å². The normalized spacial score (nSPS) is 11.4. The minimum absolute atomic E-state index is 0.136. The van der Waals surface area contributed by atoms with Crippen molar-refractivity contribution in [3.63, 3.8) is 0 Å². The van der Waals surface area contributed by atoms with Crippen molar-refractivity contribution in [1.82, 2.24) is 9.97 Å². The smallest absolute Gasteiger partial charge is 0.229 e. The van der Waals surface area contributed by atoms with E-state index in [1.165, 1.54) is 12.1 Å². The minimum atomic E-state index is -3.34. The van der Waals surface area contributed by atoms with Crippen LogP contribution in [0.25, 0.3) is 22.0 Å². The van der Waals surface area contributed by atoms with Crippen molar-refractivity contribution in [3.8, 4) is 16.9 Å². The topological polar surface area (TPSA) is 104 Å². The fourth-order valence-corrected chi connectivity index (χ4v) is 3.52. The predicted octanol–water partition coefficient (Wildman–Crippen LogP) is 4.26. The second kappa shape index (κ2) is 7.60. The summed E-state index contributed by atoms with van der Waals surface area (Å²) >= 11 is 0. The van der Waals surface area contributed by atoms with Crippen molar-refractivity contribution in [1.29, 1.82) is 0 Å². The van der Waals surface area contributed by atoms with E-state index >= 15 is 0 Å². The molecule has 152 valence electrons. The minimum Gasteiger partial charge on any atom is -0.508 e. The lowest BCUT2D eigenvalue weighted by atomic mass is 10.0. The number of benzene rings is 3. The number of hydrogen-bond acceptors (Lipinski definition) is 6. The maximum atomic E-state index is 14.2. The van der Waals surface area contributed by atoms with E-state index < -0.39 is 15.8 Å². The van der Waals surface area contributed by atoms with Crippen molar-refractivity contribution in [3.05, 3.63) is 72.7 Å². The molecule has 0 atom stereocenters. The lowest BCUT2D eigenvalue weighted by Crippen LogP contribution is -2.09. The van der Waals surface area contributed by atoms with Crippen molar-refractivity contribution < 1.29 is 17.9 Å². The van der Waals surface area contributed by atoms with E-state index in [4.69, 9.17) is 0 Å². The van der Waals surface area contributed by atoms with Crippen LogP contribution >= 0.6 is 0 Å². The van der Waals surface area contributed by atoms with E-state index in [1.807, 2.05) is 0 Å². The maximum Gasteiger partial charge on any atom is 0.229 e. The molecule has 0 fully saturated rings. The van der Waals surface area contributed by atoms with E-state index in [1.54, 1.807) is 48.7 Å². The third kappa shape index (κ3) is 4.47. The van der Waals surface area contributed by atoms with E-state index in [2.05, 4.69) is 20.0 Å². The van der Waals surface area contributed by atoms with Crippen LogP contribution < -0.4 is 10.0 Å². The molecule has 1 heterocycles. The van der Waals surface area contributed by atoms with E-state index in [9.17, 15) is 17.9 Å². The first kappa shape index (κ1) is 19.6. The standard InChI is InChI=1S/C21H17FN4O3S/c1-30(28,29)26-16-6-4-15(5-7-16)24-21-23-12-14-3-2-13(10-20(14)25-21)18-9-8-17(27)11-19(18)22/h2-12,26-27H,1H3,(H,23,24,25). The fraction of sp³-hybridized carbons (Fsp3) is 0.0476. The number of aromatic hydroxyl groups is 1. The fourth-order valence-electron chi connectivity index (χ4n) is 2.95. The molecule has 4 rings (SSSR count). The summed E-state index contributed by atoms with van der Waals surface area (Å²) < 4.78 is 39.2. The van der Waals surface area contributed by atoms with E-state index in [-0.39, 0.29) is 5.75 Å². The largest absolute Gasteiger partial charge is 0.508 e. The molecule has 1 aromatic heterocycles. The molecule has 0 radical (unpaired) electrons. The number of phenolic OH excluding ortho intramolecular Hbond substituents is 1. The second-order valence-electron chi connectivity index (χ2n) is 6.71. The molecular formula is C21H17FN4O3S. The molecule has 0 unspecified atom stereocenters. The number of phenols is 1. The van der Waals surface area contributed by atoms with Gasteiger partial charge in [-0.3, -0.25) is 4.72 Å². The van der Waals surface area contributed by atoms with Crippen LogP contribution in [0.1, 0.15) is 0 Å². The van der Waals surface area contributed by atoms with Gasteiger partial charge in [-0.25, -0.2) is 22.8 Å². The number of anilines is 3. The second-order valence-corrected chi connectivity index (χ2v) is 8.46. The van der Waals surface area contributed by atoms with Crippen molar-refractivity contribution in [2.24, 2.45) is 0 Å². The first-order chi connectivity index (χ1) is 14.3. The summed E-state index contributed by atoms with van der Waals surface area (Å²) in [6, 6.07) is 16.0. The molecule has 0 bridgehead atoms. The quantitative estimate of drug-likeness (QED) is 0.442. The number of rotatable bonds is 5. The number of hydrogen-bond donors (Lipinski definition) is 3. The highest BCUT2D eigenvalue weighted by Gasteiger charge is 2.09. The number of nitrogens with zero attached hydrogens (tertiary/aromatic N) is 2. The summed E-state index contributed by atoms with van der Waals surface area (Å²) in [6.07, 6.45) is 2.74. The molecule has 0 spiro atoms. The third-order valence-corrected chi connectivity index (χ3v) is 4.90. The Hall–Kier alpha value is -3.72. The molecule has 9 heteroatoms. The maximum absolute atomic E-state index is 14.2. The van der Waals surface area contributed by atoms with Crippen molar-refractivity contribution in [2.75, 3.05) is 16.3 Å². The molecule has 3 aromatic carbocycles. The number of fused-ring (bicyclic) bond motifs is 1. The molecule has 0 saturated carbocycles. The highest BCUT2D eigenvalue weighted by molar-refractivity contribution is 7.92. The lowest BCUT2D eigenvalue weighted by molar-refractivity contribution is 0.469. The molecule has 0 aliphatic heterocycles.